The first kappa shape index (κ1) is 21.1. The number of rotatable bonds is 9. The maximum atomic E-state index is 12.9. The summed E-state index contributed by atoms with van der Waals surface area (Å²) >= 11 is 1.61. The molecule has 0 unspecified atom stereocenters. The molecule has 3 rings (SSSR count). The van der Waals surface area contributed by atoms with E-state index in [1.54, 1.807) is 28.6 Å². The van der Waals surface area contributed by atoms with Crippen LogP contribution in [-0.2, 0) is 20.2 Å². The number of halogens is 2. The van der Waals surface area contributed by atoms with Gasteiger partial charge in [0.1, 0.15) is 18.2 Å². The van der Waals surface area contributed by atoms with Crippen LogP contribution in [0.25, 0.3) is 0 Å². The summed E-state index contributed by atoms with van der Waals surface area (Å²) in [4.78, 5) is 0. The van der Waals surface area contributed by atoms with Crippen molar-refractivity contribution in [3.8, 4) is 5.75 Å². The first-order valence-corrected chi connectivity index (χ1v) is 9.21. The molecule has 3 aromatic rings. The number of nitrogens with zero attached hydrogens (tertiary/aromatic N) is 4. The molecule has 0 saturated carbocycles. The molecule has 0 bridgehead atoms. The molecule has 6 nitrogen and oxygen atoms in total. The molecule has 144 valence electrons. The molecule has 0 spiro atoms. The van der Waals surface area contributed by atoms with Crippen LogP contribution in [0.3, 0.4) is 0 Å². The van der Waals surface area contributed by atoms with E-state index < -0.39 is 0 Å². The average molecular weight is 410 g/mol. The summed E-state index contributed by atoms with van der Waals surface area (Å²) in [6.07, 6.45) is 0. The Hall–Kier alpha value is -2.16. The van der Waals surface area contributed by atoms with Gasteiger partial charge in [0.2, 0.25) is 5.16 Å². The Bertz CT molecular complexity index is 831. The molecule has 0 aliphatic heterocycles. The second kappa shape index (κ2) is 10.9. The molecule has 1 aromatic heterocycles. The van der Waals surface area contributed by atoms with Gasteiger partial charge in [0.15, 0.2) is 0 Å². The predicted octanol–water partition coefficient (Wildman–Crippen LogP) is 3.23. The first-order valence-electron chi connectivity index (χ1n) is 8.23. The van der Waals surface area contributed by atoms with Gasteiger partial charge in [-0.1, -0.05) is 36.0 Å². The Morgan fingerprint density at radius 1 is 1.15 bits per heavy atom. The van der Waals surface area contributed by atoms with E-state index in [1.165, 1.54) is 12.1 Å². The number of tetrazole rings is 1. The number of nitrogens with one attached hydrogen (secondary N) is 1. The van der Waals surface area contributed by atoms with E-state index in [-0.39, 0.29) is 18.2 Å². The predicted molar refractivity (Wildman–Crippen MR) is 106 cm³/mol. The third-order valence-electron chi connectivity index (χ3n) is 3.64. The minimum absolute atomic E-state index is 0. The molecule has 0 aliphatic rings. The zero-order chi connectivity index (χ0) is 18.2. The minimum Gasteiger partial charge on any atom is -0.489 e. The number of benzene rings is 2. The highest BCUT2D eigenvalue weighted by molar-refractivity contribution is 7.99. The molecular formula is C18H21ClFN5OS. The van der Waals surface area contributed by atoms with Crippen molar-refractivity contribution in [2.45, 2.75) is 18.3 Å². The highest BCUT2D eigenvalue weighted by Gasteiger charge is 2.02. The van der Waals surface area contributed by atoms with Crippen LogP contribution in [0, 0.1) is 5.82 Å². The smallest absolute Gasteiger partial charge is 0.209 e. The second-order valence-corrected chi connectivity index (χ2v) is 6.73. The number of aryl methyl sites for hydroxylation is 1. The summed E-state index contributed by atoms with van der Waals surface area (Å²) in [6, 6.07) is 14.3. The largest absolute Gasteiger partial charge is 0.489 e. The van der Waals surface area contributed by atoms with E-state index >= 15 is 0 Å². The fraction of sp³-hybridized carbons (Fsp3) is 0.278. The Morgan fingerprint density at radius 2 is 1.96 bits per heavy atom. The maximum Gasteiger partial charge on any atom is 0.209 e. The van der Waals surface area contributed by atoms with Crippen LogP contribution in [0.4, 0.5) is 4.39 Å². The zero-order valence-electron chi connectivity index (χ0n) is 14.8. The zero-order valence-corrected chi connectivity index (χ0v) is 16.5. The van der Waals surface area contributed by atoms with Crippen LogP contribution in [0.5, 0.6) is 5.75 Å². The first-order chi connectivity index (χ1) is 12.7. The quantitative estimate of drug-likeness (QED) is 0.432. The summed E-state index contributed by atoms with van der Waals surface area (Å²) in [7, 11) is 1.83. The number of thioether (sulfide) groups is 1. The molecule has 0 radical (unpaired) electrons. The molecule has 27 heavy (non-hydrogen) atoms. The normalized spacial score (nSPS) is 10.4. The highest BCUT2D eigenvalue weighted by Crippen LogP contribution is 2.16. The topological polar surface area (TPSA) is 64.9 Å². The lowest BCUT2D eigenvalue weighted by Crippen LogP contribution is -2.16. The van der Waals surface area contributed by atoms with Crippen molar-refractivity contribution >= 4 is 24.2 Å². The summed E-state index contributed by atoms with van der Waals surface area (Å²) in [6.45, 7) is 2.02. The lowest BCUT2D eigenvalue weighted by Gasteiger charge is -2.09. The number of aromatic nitrogens is 4. The van der Waals surface area contributed by atoms with E-state index in [1.807, 2.05) is 25.2 Å². The molecule has 2 aromatic carbocycles. The molecule has 9 heteroatoms. The molecule has 0 fully saturated rings. The van der Waals surface area contributed by atoms with Crippen LogP contribution in [0.15, 0.2) is 53.7 Å². The van der Waals surface area contributed by atoms with Crippen molar-refractivity contribution in [1.82, 2.24) is 25.5 Å². The van der Waals surface area contributed by atoms with Gasteiger partial charge in [-0.25, -0.2) is 9.07 Å². The van der Waals surface area contributed by atoms with Crippen LogP contribution >= 0.6 is 24.2 Å². The Labute approximate surface area is 167 Å². The molecule has 0 atom stereocenters. The van der Waals surface area contributed by atoms with Gasteiger partial charge >= 0.3 is 0 Å². The fourth-order valence-corrected chi connectivity index (χ4v) is 3.03. The third-order valence-corrected chi connectivity index (χ3v) is 4.65. The Kier molecular flexibility index (Phi) is 8.50. The number of hydrogen-bond acceptors (Lipinski definition) is 6. The minimum atomic E-state index is -0.240. The fourth-order valence-electron chi connectivity index (χ4n) is 2.28. The van der Waals surface area contributed by atoms with E-state index in [0.717, 1.165) is 40.9 Å². The van der Waals surface area contributed by atoms with Gasteiger partial charge in [-0.15, -0.1) is 17.5 Å². The van der Waals surface area contributed by atoms with Gasteiger partial charge in [0.05, 0.1) is 0 Å². The summed E-state index contributed by atoms with van der Waals surface area (Å²) in [5.41, 5.74) is 2.08. The summed E-state index contributed by atoms with van der Waals surface area (Å²) < 4.78 is 20.4. The van der Waals surface area contributed by atoms with Crippen molar-refractivity contribution in [3.05, 3.63) is 65.5 Å². The Morgan fingerprint density at radius 3 is 2.70 bits per heavy atom. The molecule has 1 heterocycles. The molecule has 1 N–H and O–H groups in total. The molecule has 0 amide bonds. The number of ether oxygens (including phenoxy) is 1. The second-order valence-electron chi connectivity index (χ2n) is 5.67. The third kappa shape index (κ3) is 6.82. The SMILES string of the molecule is Cl.Cn1nnnc1SCCNCc1cccc(OCc2ccc(F)cc2)c1. The van der Waals surface area contributed by atoms with Crippen molar-refractivity contribution in [2.75, 3.05) is 12.3 Å². The monoisotopic (exact) mass is 409 g/mol. The van der Waals surface area contributed by atoms with E-state index in [4.69, 9.17) is 4.74 Å². The highest BCUT2D eigenvalue weighted by atomic mass is 35.5. The van der Waals surface area contributed by atoms with Gasteiger partial charge in [0.25, 0.3) is 0 Å². The van der Waals surface area contributed by atoms with Crippen molar-refractivity contribution in [1.29, 1.82) is 0 Å². The van der Waals surface area contributed by atoms with Crippen LogP contribution in [-0.4, -0.2) is 32.5 Å². The van der Waals surface area contributed by atoms with Crippen LogP contribution in [0.1, 0.15) is 11.1 Å². The molecule has 0 aliphatic carbocycles. The number of hydrogen-bond donors (Lipinski definition) is 1. The van der Waals surface area contributed by atoms with Gasteiger partial charge in [-0.3, -0.25) is 0 Å². The lowest BCUT2D eigenvalue weighted by atomic mass is 10.2. The average Bonchev–Trinajstić information content (AvgIpc) is 3.06. The van der Waals surface area contributed by atoms with E-state index in [9.17, 15) is 4.39 Å². The Balaban J connectivity index is 0.00000261. The summed E-state index contributed by atoms with van der Waals surface area (Å²) in [5.74, 6) is 1.44. The molecular weight excluding hydrogens is 389 g/mol. The lowest BCUT2D eigenvalue weighted by molar-refractivity contribution is 0.305. The van der Waals surface area contributed by atoms with Crippen LogP contribution < -0.4 is 10.1 Å². The van der Waals surface area contributed by atoms with Crippen LogP contribution in [0.2, 0.25) is 0 Å². The maximum absolute atomic E-state index is 12.9. The van der Waals surface area contributed by atoms with Crippen molar-refractivity contribution in [3.63, 3.8) is 0 Å². The van der Waals surface area contributed by atoms with Crippen molar-refractivity contribution < 1.29 is 9.13 Å². The van der Waals surface area contributed by atoms with Gasteiger partial charge in [-0.05, 0) is 45.8 Å². The summed E-state index contributed by atoms with van der Waals surface area (Å²) in [5, 5.41) is 15.5. The van der Waals surface area contributed by atoms with Gasteiger partial charge < -0.3 is 10.1 Å². The van der Waals surface area contributed by atoms with E-state index in [0.29, 0.717) is 6.61 Å². The van der Waals surface area contributed by atoms with Crippen molar-refractivity contribution in [2.24, 2.45) is 7.05 Å². The van der Waals surface area contributed by atoms with E-state index in [2.05, 4.69) is 26.9 Å². The van der Waals surface area contributed by atoms with Gasteiger partial charge in [0, 0.05) is 25.9 Å². The standard InChI is InChI=1S/C18H20FN5OS.ClH/c1-24-18(21-22-23-24)26-10-9-20-12-15-3-2-4-17(11-15)25-13-14-5-7-16(19)8-6-14;/h2-8,11,20H,9-10,12-13H2,1H3;1H. The molecule has 0 saturated heterocycles. The van der Waals surface area contributed by atoms with Gasteiger partial charge in [-0.2, -0.15) is 0 Å².